The van der Waals surface area contributed by atoms with Gasteiger partial charge in [0.2, 0.25) is 0 Å². The Labute approximate surface area is 155 Å². The number of carboxylic acids is 1. The van der Waals surface area contributed by atoms with E-state index in [-0.39, 0.29) is 11.3 Å². The predicted molar refractivity (Wildman–Crippen MR) is 99.8 cm³/mol. The molecule has 0 fully saturated rings. The van der Waals surface area contributed by atoms with Gasteiger partial charge >= 0.3 is 5.97 Å². The molecule has 2 amide bonds. The molecule has 1 heterocycles. The maximum Gasteiger partial charge on any atom is 0.325 e. The molecule has 26 heavy (non-hydrogen) atoms. The molecule has 0 radical (unpaired) electrons. The van der Waals surface area contributed by atoms with Crippen molar-refractivity contribution in [1.29, 1.82) is 0 Å². The fourth-order valence-corrected chi connectivity index (χ4v) is 2.85. The highest BCUT2D eigenvalue weighted by molar-refractivity contribution is 7.10. The largest absolute Gasteiger partial charge is 0.480 e. The molecule has 8 heteroatoms. The van der Waals surface area contributed by atoms with E-state index in [2.05, 4.69) is 15.6 Å². The second-order valence-electron chi connectivity index (χ2n) is 6.85. The molecule has 0 saturated heterocycles. The first-order valence-electron chi connectivity index (χ1n) is 7.99. The predicted octanol–water partition coefficient (Wildman–Crippen LogP) is 2.90. The maximum absolute atomic E-state index is 12.3. The van der Waals surface area contributed by atoms with Gasteiger partial charge in [-0.05, 0) is 31.2 Å². The monoisotopic (exact) mass is 375 g/mol. The van der Waals surface area contributed by atoms with E-state index in [0.717, 1.165) is 5.01 Å². The van der Waals surface area contributed by atoms with Crippen molar-refractivity contribution < 1.29 is 19.5 Å². The van der Waals surface area contributed by atoms with Crippen LogP contribution in [0.1, 0.15) is 53.5 Å². The van der Waals surface area contributed by atoms with Gasteiger partial charge in [0.25, 0.3) is 11.8 Å². The molecule has 1 unspecified atom stereocenters. The second-order valence-corrected chi connectivity index (χ2v) is 7.71. The number of carbonyl (C=O) groups excluding carboxylic acids is 2. The number of thiazole rings is 1. The molecule has 0 aliphatic rings. The van der Waals surface area contributed by atoms with Crippen molar-refractivity contribution in [3.63, 3.8) is 0 Å². The molecule has 7 nitrogen and oxygen atoms in total. The molecular weight excluding hydrogens is 354 g/mol. The molecule has 1 atom stereocenters. The van der Waals surface area contributed by atoms with Gasteiger partial charge in [-0.2, -0.15) is 0 Å². The van der Waals surface area contributed by atoms with Crippen LogP contribution in [0.4, 0.5) is 5.69 Å². The van der Waals surface area contributed by atoms with Crippen molar-refractivity contribution in [2.24, 2.45) is 0 Å². The van der Waals surface area contributed by atoms with Crippen LogP contribution >= 0.6 is 11.3 Å². The summed E-state index contributed by atoms with van der Waals surface area (Å²) < 4.78 is 0. The number of aromatic nitrogens is 1. The topological polar surface area (TPSA) is 108 Å². The molecular formula is C18H21N3O4S. The van der Waals surface area contributed by atoms with Gasteiger partial charge in [-0.25, -0.2) is 4.98 Å². The smallest absolute Gasteiger partial charge is 0.325 e. The lowest BCUT2D eigenvalue weighted by atomic mass is 9.98. The molecule has 2 rings (SSSR count). The fourth-order valence-electron chi connectivity index (χ4n) is 1.96. The Morgan fingerprint density at radius 3 is 2.23 bits per heavy atom. The molecule has 3 N–H and O–H groups in total. The Balaban J connectivity index is 2.02. The number of hydrogen-bond acceptors (Lipinski definition) is 5. The molecule has 0 saturated carbocycles. The highest BCUT2D eigenvalue weighted by Gasteiger charge is 2.20. The molecule has 0 spiro atoms. The van der Waals surface area contributed by atoms with Crippen LogP contribution in [0.15, 0.2) is 29.6 Å². The van der Waals surface area contributed by atoms with E-state index in [1.165, 1.54) is 30.4 Å². The molecule has 0 aliphatic carbocycles. The number of nitrogens with zero attached hydrogens (tertiary/aromatic N) is 1. The zero-order valence-corrected chi connectivity index (χ0v) is 15.8. The second kappa shape index (κ2) is 7.65. The summed E-state index contributed by atoms with van der Waals surface area (Å²) in [5, 5.41) is 16.5. The zero-order valence-electron chi connectivity index (χ0n) is 15.0. The van der Waals surface area contributed by atoms with E-state index in [4.69, 9.17) is 5.11 Å². The number of nitrogens with one attached hydrogen (secondary N) is 2. The molecule has 2 aromatic rings. The van der Waals surface area contributed by atoms with Gasteiger partial charge in [-0.3, -0.25) is 14.4 Å². The standard InChI is InChI=1S/C18H21N3O4S/c1-10(16(24)25)19-14(22)11-5-7-12(8-6-11)20-15(23)13-9-26-17(21-13)18(2,3)4/h5-10H,1-4H3,(H,19,22)(H,20,23)(H,24,25). The zero-order chi connectivity index (χ0) is 19.5. The number of carbonyl (C=O) groups is 3. The molecule has 138 valence electrons. The third kappa shape index (κ3) is 4.89. The van der Waals surface area contributed by atoms with Crippen molar-refractivity contribution in [3.05, 3.63) is 45.9 Å². The van der Waals surface area contributed by atoms with Gasteiger partial charge < -0.3 is 15.7 Å². The number of aliphatic carboxylic acids is 1. The van der Waals surface area contributed by atoms with Gasteiger partial charge in [0.05, 0.1) is 5.01 Å². The highest BCUT2D eigenvalue weighted by Crippen LogP contribution is 2.25. The van der Waals surface area contributed by atoms with E-state index < -0.39 is 17.9 Å². The lowest BCUT2D eigenvalue weighted by molar-refractivity contribution is -0.138. The van der Waals surface area contributed by atoms with Crippen LogP contribution in [0, 0.1) is 0 Å². The van der Waals surface area contributed by atoms with Gasteiger partial charge in [0, 0.05) is 22.0 Å². The third-order valence-electron chi connectivity index (χ3n) is 3.50. The summed E-state index contributed by atoms with van der Waals surface area (Å²) in [4.78, 5) is 39.4. The Morgan fingerprint density at radius 2 is 1.73 bits per heavy atom. The number of carboxylic acid groups (broad SMARTS) is 1. The quantitative estimate of drug-likeness (QED) is 0.745. The van der Waals surface area contributed by atoms with E-state index in [1.54, 1.807) is 17.5 Å². The summed E-state index contributed by atoms with van der Waals surface area (Å²) in [5.74, 6) is -1.93. The molecule has 1 aromatic carbocycles. The van der Waals surface area contributed by atoms with E-state index in [0.29, 0.717) is 16.9 Å². The van der Waals surface area contributed by atoms with Gasteiger partial charge in [-0.15, -0.1) is 11.3 Å². The van der Waals surface area contributed by atoms with Crippen molar-refractivity contribution in [3.8, 4) is 0 Å². The normalized spacial score (nSPS) is 12.3. The number of hydrogen-bond donors (Lipinski definition) is 3. The molecule has 0 aliphatic heterocycles. The number of rotatable bonds is 5. The van der Waals surface area contributed by atoms with Crippen LogP contribution in [0.3, 0.4) is 0 Å². The lowest BCUT2D eigenvalue weighted by Gasteiger charge is -2.13. The van der Waals surface area contributed by atoms with Crippen LogP contribution < -0.4 is 10.6 Å². The molecule has 1 aromatic heterocycles. The summed E-state index contributed by atoms with van der Waals surface area (Å²) >= 11 is 1.44. The van der Waals surface area contributed by atoms with Crippen LogP contribution in [0.2, 0.25) is 0 Å². The first-order valence-corrected chi connectivity index (χ1v) is 8.87. The van der Waals surface area contributed by atoms with Crippen LogP contribution in [-0.2, 0) is 10.2 Å². The van der Waals surface area contributed by atoms with Crippen LogP contribution in [0.5, 0.6) is 0 Å². The summed E-state index contributed by atoms with van der Waals surface area (Å²) in [6.07, 6.45) is 0. The van der Waals surface area contributed by atoms with Gasteiger partial charge in [0.1, 0.15) is 11.7 Å². The highest BCUT2D eigenvalue weighted by atomic mass is 32.1. The minimum absolute atomic E-state index is 0.120. The summed E-state index contributed by atoms with van der Waals surface area (Å²) in [6, 6.07) is 5.20. The van der Waals surface area contributed by atoms with Crippen molar-refractivity contribution >= 4 is 34.8 Å². The van der Waals surface area contributed by atoms with Gasteiger partial charge in [0.15, 0.2) is 0 Å². The van der Waals surface area contributed by atoms with E-state index in [9.17, 15) is 14.4 Å². The average Bonchev–Trinajstić information content (AvgIpc) is 3.05. The van der Waals surface area contributed by atoms with E-state index >= 15 is 0 Å². The van der Waals surface area contributed by atoms with Crippen molar-refractivity contribution in [2.75, 3.05) is 5.32 Å². The third-order valence-corrected chi connectivity index (χ3v) is 4.77. The van der Waals surface area contributed by atoms with Crippen LogP contribution in [-0.4, -0.2) is 33.9 Å². The number of anilines is 1. The first kappa shape index (κ1) is 19.6. The van der Waals surface area contributed by atoms with Gasteiger partial charge in [-0.1, -0.05) is 20.8 Å². The Kier molecular flexibility index (Phi) is 5.76. The van der Waals surface area contributed by atoms with Crippen molar-refractivity contribution in [2.45, 2.75) is 39.2 Å². The molecule has 0 bridgehead atoms. The summed E-state index contributed by atoms with van der Waals surface area (Å²) in [5.41, 5.74) is 1.05. The fraction of sp³-hybridized carbons (Fsp3) is 0.333. The number of benzene rings is 1. The van der Waals surface area contributed by atoms with Crippen LogP contribution in [0.25, 0.3) is 0 Å². The summed E-state index contributed by atoms with van der Waals surface area (Å²) in [6.45, 7) is 7.47. The lowest BCUT2D eigenvalue weighted by Crippen LogP contribution is -2.38. The number of amides is 2. The Bertz CT molecular complexity index is 822. The van der Waals surface area contributed by atoms with Crippen molar-refractivity contribution in [1.82, 2.24) is 10.3 Å². The first-order chi connectivity index (χ1) is 12.1. The Hall–Kier alpha value is -2.74. The SMILES string of the molecule is CC(NC(=O)c1ccc(NC(=O)c2csc(C(C)(C)C)n2)cc1)C(=O)O. The van der Waals surface area contributed by atoms with E-state index in [1.807, 2.05) is 20.8 Å². The summed E-state index contributed by atoms with van der Waals surface area (Å²) in [7, 11) is 0. The average molecular weight is 375 g/mol. The minimum atomic E-state index is -1.11. The maximum atomic E-state index is 12.3. The minimum Gasteiger partial charge on any atom is -0.480 e. The Morgan fingerprint density at radius 1 is 1.12 bits per heavy atom.